The van der Waals surface area contributed by atoms with Crippen molar-refractivity contribution in [3.63, 3.8) is 0 Å². The monoisotopic (exact) mass is 245 g/mol. The number of hydrogen-bond donors (Lipinski definition) is 1. The maximum absolute atomic E-state index is 13.2. The van der Waals surface area contributed by atoms with Crippen LogP contribution in [0.3, 0.4) is 0 Å². The highest BCUT2D eigenvalue weighted by molar-refractivity contribution is 5.29. The summed E-state index contributed by atoms with van der Waals surface area (Å²) in [7, 11) is 0. The lowest BCUT2D eigenvalue weighted by atomic mass is 10.1. The van der Waals surface area contributed by atoms with Crippen LogP contribution in [0.4, 0.5) is 4.39 Å². The average Bonchev–Trinajstić information content (AvgIpc) is 2.36. The molecule has 2 aromatic carbocycles. The van der Waals surface area contributed by atoms with E-state index in [0.29, 0.717) is 6.54 Å². The number of nitrogens with two attached hydrogens (primary N) is 1. The molecule has 0 heterocycles. The van der Waals surface area contributed by atoms with E-state index in [2.05, 4.69) is 0 Å². The van der Waals surface area contributed by atoms with Crippen LogP contribution >= 0.6 is 0 Å². The predicted octanol–water partition coefficient (Wildman–Crippen LogP) is 3.21. The lowest BCUT2D eigenvalue weighted by Gasteiger charge is -2.18. The molecule has 0 radical (unpaired) electrons. The van der Waals surface area contributed by atoms with Gasteiger partial charge in [-0.2, -0.15) is 0 Å². The summed E-state index contributed by atoms with van der Waals surface area (Å²) in [4.78, 5) is 0. The Morgan fingerprint density at radius 1 is 1.17 bits per heavy atom. The maximum Gasteiger partial charge on any atom is 0.136 e. The van der Waals surface area contributed by atoms with Gasteiger partial charge in [-0.25, -0.2) is 4.39 Å². The molecule has 0 amide bonds. The van der Waals surface area contributed by atoms with Gasteiger partial charge in [0.05, 0.1) is 0 Å². The Hall–Kier alpha value is -1.87. The van der Waals surface area contributed by atoms with Gasteiger partial charge in [-0.3, -0.25) is 0 Å². The minimum absolute atomic E-state index is 0.279. The van der Waals surface area contributed by atoms with Crippen molar-refractivity contribution in [3.05, 3.63) is 65.5 Å². The lowest BCUT2D eigenvalue weighted by Crippen LogP contribution is -2.18. The Morgan fingerprint density at radius 3 is 2.61 bits per heavy atom. The molecule has 0 aliphatic carbocycles. The molecule has 3 heteroatoms. The molecule has 0 spiro atoms. The quantitative estimate of drug-likeness (QED) is 0.897. The van der Waals surface area contributed by atoms with Crippen LogP contribution in [0.5, 0.6) is 5.75 Å². The average molecular weight is 245 g/mol. The third kappa shape index (κ3) is 3.08. The summed E-state index contributed by atoms with van der Waals surface area (Å²) < 4.78 is 19.0. The fourth-order valence-corrected chi connectivity index (χ4v) is 1.81. The molecule has 2 rings (SSSR count). The summed E-state index contributed by atoms with van der Waals surface area (Å²) in [6.07, 6.45) is -0.331. The van der Waals surface area contributed by atoms with Gasteiger partial charge in [-0.05, 0) is 42.3 Å². The van der Waals surface area contributed by atoms with Crippen LogP contribution in [0.15, 0.2) is 48.5 Å². The first kappa shape index (κ1) is 12.6. The smallest absolute Gasteiger partial charge is 0.136 e. The molecular weight excluding hydrogens is 229 g/mol. The van der Waals surface area contributed by atoms with Crippen LogP contribution in [0.1, 0.15) is 17.2 Å². The number of hydrogen-bond acceptors (Lipinski definition) is 2. The molecule has 2 aromatic rings. The largest absolute Gasteiger partial charge is 0.484 e. The first-order chi connectivity index (χ1) is 8.69. The summed E-state index contributed by atoms with van der Waals surface area (Å²) in [6.45, 7) is 2.30. The van der Waals surface area contributed by atoms with Gasteiger partial charge < -0.3 is 10.5 Å². The van der Waals surface area contributed by atoms with Gasteiger partial charge in [0.2, 0.25) is 0 Å². The highest BCUT2D eigenvalue weighted by Crippen LogP contribution is 2.22. The number of rotatable bonds is 4. The van der Waals surface area contributed by atoms with Gasteiger partial charge in [0, 0.05) is 6.54 Å². The molecule has 0 aromatic heterocycles. The summed E-state index contributed by atoms with van der Waals surface area (Å²) in [5.74, 6) is 0.466. The van der Waals surface area contributed by atoms with Crippen molar-refractivity contribution < 1.29 is 9.13 Å². The SMILES string of the molecule is Cc1cccc(OC(CN)c2cccc(F)c2)c1. The lowest BCUT2D eigenvalue weighted by molar-refractivity contribution is 0.213. The fourth-order valence-electron chi connectivity index (χ4n) is 1.81. The molecule has 2 N–H and O–H groups in total. The van der Waals surface area contributed by atoms with Crippen LogP contribution in [0, 0.1) is 12.7 Å². The molecule has 0 aliphatic heterocycles. The van der Waals surface area contributed by atoms with E-state index < -0.39 is 0 Å². The van der Waals surface area contributed by atoms with Crippen LogP contribution in [-0.4, -0.2) is 6.54 Å². The van der Waals surface area contributed by atoms with Crippen molar-refractivity contribution in [1.82, 2.24) is 0 Å². The zero-order valence-corrected chi connectivity index (χ0v) is 10.3. The van der Waals surface area contributed by atoms with Gasteiger partial charge in [-0.15, -0.1) is 0 Å². The van der Waals surface area contributed by atoms with E-state index in [1.807, 2.05) is 37.3 Å². The number of halogens is 1. The van der Waals surface area contributed by atoms with Gasteiger partial charge in [0.15, 0.2) is 0 Å². The predicted molar refractivity (Wildman–Crippen MR) is 70.0 cm³/mol. The summed E-state index contributed by atoms with van der Waals surface area (Å²) in [5, 5.41) is 0. The van der Waals surface area contributed by atoms with Crippen LogP contribution in [-0.2, 0) is 0 Å². The molecule has 1 atom stereocenters. The summed E-state index contributed by atoms with van der Waals surface area (Å²) in [5.41, 5.74) is 7.56. The van der Waals surface area contributed by atoms with E-state index in [1.165, 1.54) is 12.1 Å². The molecule has 0 saturated carbocycles. The topological polar surface area (TPSA) is 35.2 Å². The zero-order chi connectivity index (χ0) is 13.0. The van der Waals surface area contributed by atoms with Crippen LogP contribution in [0.25, 0.3) is 0 Å². The molecular formula is C15H16FNO. The highest BCUT2D eigenvalue weighted by Gasteiger charge is 2.12. The van der Waals surface area contributed by atoms with Gasteiger partial charge >= 0.3 is 0 Å². The summed E-state index contributed by atoms with van der Waals surface area (Å²) >= 11 is 0. The van der Waals surface area contributed by atoms with E-state index in [1.54, 1.807) is 6.07 Å². The van der Waals surface area contributed by atoms with Crippen molar-refractivity contribution in [2.75, 3.05) is 6.54 Å². The van der Waals surface area contributed by atoms with Crippen molar-refractivity contribution in [2.24, 2.45) is 5.73 Å². The molecule has 0 bridgehead atoms. The molecule has 0 fully saturated rings. The molecule has 2 nitrogen and oxygen atoms in total. The van der Waals surface area contributed by atoms with Crippen molar-refractivity contribution in [3.8, 4) is 5.75 Å². The maximum atomic E-state index is 13.2. The van der Waals surface area contributed by atoms with Crippen molar-refractivity contribution in [2.45, 2.75) is 13.0 Å². The second kappa shape index (κ2) is 5.65. The molecule has 18 heavy (non-hydrogen) atoms. The Bertz CT molecular complexity index is 527. The Labute approximate surface area is 106 Å². The molecule has 0 aliphatic rings. The normalized spacial score (nSPS) is 12.2. The molecule has 1 unspecified atom stereocenters. The van der Waals surface area contributed by atoms with Crippen molar-refractivity contribution >= 4 is 0 Å². The first-order valence-electron chi connectivity index (χ1n) is 5.88. The zero-order valence-electron chi connectivity index (χ0n) is 10.3. The van der Waals surface area contributed by atoms with E-state index in [9.17, 15) is 4.39 Å². The van der Waals surface area contributed by atoms with Crippen LogP contribution < -0.4 is 10.5 Å². The third-order valence-corrected chi connectivity index (χ3v) is 2.70. The number of benzene rings is 2. The van der Waals surface area contributed by atoms with Gasteiger partial charge in [0.1, 0.15) is 17.7 Å². The van der Waals surface area contributed by atoms with E-state index in [4.69, 9.17) is 10.5 Å². The molecule has 94 valence electrons. The Morgan fingerprint density at radius 2 is 1.94 bits per heavy atom. The molecule has 0 saturated heterocycles. The fraction of sp³-hybridized carbons (Fsp3) is 0.200. The Balaban J connectivity index is 2.19. The van der Waals surface area contributed by atoms with E-state index >= 15 is 0 Å². The van der Waals surface area contributed by atoms with E-state index in [0.717, 1.165) is 16.9 Å². The van der Waals surface area contributed by atoms with Gasteiger partial charge in [0.25, 0.3) is 0 Å². The standard InChI is InChI=1S/C15H16FNO/c1-11-4-2-7-14(8-11)18-15(10-17)12-5-3-6-13(16)9-12/h2-9,15H,10,17H2,1H3. The second-order valence-electron chi connectivity index (χ2n) is 4.21. The highest BCUT2D eigenvalue weighted by atomic mass is 19.1. The number of aryl methyl sites for hydroxylation is 1. The van der Waals surface area contributed by atoms with Crippen molar-refractivity contribution in [1.29, 1.82) is 0 Å². The Kier molecular flexibility index (Phi) is 3.95. The van der Waals surface area contributed by atoms with E-state index in [-0.39, 0.29) is 11.9 Å². The third-order valence-electron chi connectivity index (χ3n) is 2.70. The minimum atomic E-state index is -0.331. The minimum Gasteiger partial charge on any atom is -0.484 e. The number of ether oxygens (including phenoxy) is 1. The van der Waals surface area contributed by atoms with Crippen LogP contribution in [0.2, 0.25) is 0 Å². The van der Waals surface area contributed by atoms with Gasteiger partial charge in [-0.1, -0.05) is 24.3 Å². The summed E-state index contributed by atoms with van der Waals surface area (Å²) in [6, 6.07) is 14.0. The first-order valence-corrected chi connectivity index (χ1v) is 5.88. The second-order valence-corrected chi connectivity index (χ2v) is 4.21.